The lowest BCUT2D eigenvalue weighted by atomic mass is 10.1. The number of hydrogen-bond acceptors (Lipinski definition) is 5. The normalized spacial score (nSPS) is 15.8. The van der Waals surface area contributed by atoms with Crippen LogP contribution in [-0.2, 0) is 4.79 Å². The lowest BCUT2D eigenvalue weighted by Gasteiger charge is -2.14. The molecule has 0 atom stereocenters. The lowest BCUT2D eigenvalue weighted by Crippen LogP contribution is -2.22. The second-order valence-corrected chi connectivity index (χ2v) is 3.89. The number of urea groups is 1. The number of benzene rings is 1. The molecule has 0 aromatic heterocycles. The van der Waals surface area contributed by atoms with Crippen LogP contribution < -0.4 is 24.8 Å². The van der Waals surface area contributed by atoms with E-state index in [4.69, 9.17) is 14.2 Å². The molecule has 0 aliphatic carbocycles. The summed E-state index contributed by atoms with van der Waals surface area (Å²) in [5, 5.41) is 4.53. The Labute approximate surface area is 115 Å². The molecule has 1 aliphatic heterocycles. The zero-order chi connectivity index (χ0) is 14.7. The van der Waals surface area contributed by atoms with Crippen molar-refractivity contribution >= 4 is 18.0 Å². The number of rotatable bonds is 4. The first-order chi connectivity index (χ1) is 9.60. The fraction of sp³-hybridized carbons (Fsp3) is 0.231. The molecule has 20 heavy (non-hydrogen) atoms. The van der Waals surface area contributed by atoms with Gasteiger partial charge in [-0.1, -0.05) is 0 Å². The number of amides is 3. The first kappa shape index (κ1) is 13.7. The molecule has 2 rings (SSSR count). The molecule has 1 aliphatic rings. The summed E-state index contributed by atoms with van der Waals surface area (Å²) in [4.78, 5) is 22.6. The summed E-state index contributed by atoms with van der Waals surface area (Å²) in [6, 6.07) is 2.83. The zero-order valence-corrected chi connectivity index (χ0v) is 11.3. The molecule has 2 N–H and O–H groups in total. The van der Waals surface area contributed by atoms with E-state index in [0.29, 0.717) is 22.8 Å². The minimum absolute atomic E-state index is 0.139. The standard InChI is InChI=1S/C13H14N2O5/c1-18-9-5-4-7(10(19-2)11(9)20-3)6-8-12(16)15-13(17)14-8/h4-6H,1-3H3,(H2,14,15,16,17)/b8-6-. The van der Waals surface area contributed by atoms with Crippen LogP contribution in [0.15, 0.2) is 17.8 Å². The first-order valence-corrected chi connectivity index (χ1v) is 5.73. The molecule has 106 valence electrons. The van der Waals surface area contributed by atoms with Crippen LogP contribution >= 0.6 is 0 Å². The van der Waals surface area contributed by atoms with E-state index in [1.54, 1.807) is 12.1 Å². The van der Waals surface area contributed by atoms with Crippen LogP contribution in [0.4, 0.5) is 4.79 Å². The van der Waals surface area contributed by atoms with Crippen molar-refractivity contribution < 1.29 is 23.8 Å². The van der Waals surface area contributed by atoms with E-state index in [1.807, 2.05) is 0 Å². The largest absolute Gasteiger partial charge is 0.493 e. The van der Waals surface area contributed by atoms with Crippen LogP contribution in [0.25, 0.3) is 6.08 Å². The molecular weight excluding hydrogens is 264 g/mol. The van der Waals surface area contributed by atoms with E-state index >= 15 is 0 Å². The molecule has 7 heteroatoms. The first-order valence-electron chi connectivity index (χ1n) is 5.73. The van der Waals surface area contributed by atoms with Gasteiger partial charge in [-0.15, -0.1) is 0 Å². The minimum Gasteiger partial charge on any atom is -0.493 e. The third-order valence-electron chi connectivity index (χ3n) is 2.75. The summed E-state index contributed by atoms with van der Waals surface area (Å²) in [5.74, 6) is 0.834. The Morgan fingerprint density at radius 3 is 2.15 bits per heavy atom. The van der Waals surface area contributed by atoms with Crippen molar-refractivity contribution in [2.75, 3.05) is 21.3 Å². The van der Waals surface area contributed by atoms with E-state index in [2.05, 4.69) is 10.6 Å². The van der Waals surface area contributed by atoms with E-state index in [-0.39, 0.29) is 5.70 Å². The Morgan fingerprint density at radius 1 is 0.950 bits per heavy atom. The van der Waals surface area contributed by atoms with Crippen molar-refractivity contribution in [1.29, 1.82) is 0 Å². The third kappa shape index (κ3) is 2.37. The number of methoxy groups -OCH3 is 3. The molecule has 1 saturated heterocycles. The summed E-state index contributed by atoms with van der Waals surface area (Å²) < 4.78 is 15.7. The maximum absolute atomic E-state index is 11.5. The van der Waals surface area contributed by atoms with Crippen molar-refractivity contribution in [3.05, 3.63) is 23.4 Å². The van der Waals surface area contributed by atoms with Gasteiger partial charge < -0.3 is 19.5 Å². The zero-order valence-electron chi connectivity index (χ0n) is 11.3. The van der Waals surface area contributed by atoms with E-state index < -0.39 is 11.9 Å². The molecule has 1 heterocycles. The monoisotopic (exact) mass is 278 g/mol. The molecule has 0 saturated carbocycles. The molecule has 1 aromatic rings. The predicted molar refractivity (Wildman–Crippen MR) is 70.7 cm³/mol. The Bertz CT molecular complexity index is 595. The average molecular weight is 278 g/mol. The van der Waals surface area contributed by atoms with Crippen LogP contribution in [-0.4, -0.2) is 33.3 Å². The van der Waals surface area contributed by atoms with Gasteiger partial charge in [0.2, 0.25) is 5.75 Å². The third-order valence-corrected chi connectivity index (χ3v) is 2.75. The Morgan fingerprint density at radius 2 is 1.65 bits per heavy atom. The van der Waals surface area contributed by atoms with E-state index in [9.17, 15) is 9.59 Å². The van der Waals surface area contributed by atoms with E-state index in [0.717, 1.165) is 0 Å². The highest BCUT2D eigenvalue weighted by Gasteiger charge is 2.24. The second kappa shape index (κ2) is 5.52. The van der Waals surface area contributed by atoms with E-state index in [1.165, 1.54) is 27.4 Å². The second-order valence-electron chi connectivity index (χ2n) is 3.89. The highest BCUT2D eigenvalue weighted by atomic mass is 16.5. The van der Waals surface area contributed by atoms with Crippen LogP contribution in [0.1, 0.15) is 5.56 Å². The van der Waals surface area contributed by atoms with Gasteiger partial charge in [-0.2, -0.15) is 0 Å². The van der Waals surface area contributed by atoms with Gasteiger partial charge in [0, 0.05) is 5.56 Å². The fourth-order valence-electron chi connectivity index (χ4n) is 1.88. The maximum Gasteiger partial charge on any atom is 0.326 e. The Hall–Kier alpha value is -2.70. The van der Waals surface area contributed by atoms with Gasteiger partial charge in [-0.3, -0.25) is 10.1 Å². The molecule has 7 nitrogen and oxygen atoms in total. The smallest absolute Gasteiger partial charge is 0.326 e. The van der Waals surface area contributed by atoms with Gasteiger partial charge in [0.15, 0.2) is 11.5 Å². The SMILES string of the molecule is COc1ccc(/C=C2\NC(=O)NC2=O)c(OC)c1OC. The average Bonchev–Trinajstić information content (AvgIpc) is 2.76. The number of hydrogen-bond donors (Lipinski definition) is 2. The molecule has 0 radical (unpaired) electrons. The number of carbonyl (C=O) groups is 2. The number of nitrogens with one attached hydrogen (secondary N) is 2. The predicted octanol–water partition coefficient (Wildman–Crippen LogP) is 0.893. The molecule has 1 fully saturated rings. The van der Waals surface area contributed by atoms with Crippen LogP contribution in [0, 0.1) is 0 Å². The highest BCUT2D eigenvalue weighted by Crippen LogP contribution is 2.40. The molecule has 0 bridgehead atoms. The van der Waals surface area contributed by atoms with Crippen molar-refractivity contribution in [3.63, 3.8) is 0 Å². The van der Waals surface area contributed by atoms with Crippen LogP contribution in [0.3, 0.4) is 0 Å². The topological polar surface area (TPSA) is 85.9 Å². The quantitative estimate of drug-likeness (QED) is 0.631. The summed E-state index contributed by atoms with van der Waals surface area (Å²) in [6.45, 7) is 0. The number of imide groups is 1. The number of ether oxygens (including phenoxy) is 3. The maximum atomic E-state index is 11.5. The molecule has 0 spiro atoms. The summed E-state index contributed by atoms with van der Waals surface area (Å²) in [5.41, 5.74) is 0.720. The van der Waals surface area contributed by atoms with Gasteiger partial charge >= 0.3 is 6.03 Å². The fourth-order valence-corrected chi connectivity index (χ4v) is 1.88. The summed E-state index contributed by atoms with van der Waals surface area (Å²) in [7, 11) is 4.48. The van der Waals surface area contributed by atoms with Crippen LogP contribution in [0.5, 0.6) is 17.2 Å². The highest BCUT2D eigenvalue weighted by molar-refractivity contribution is 6.14. The van der Waals surface area contributed by atoms with Crippen molar-refractivity contribution in [2.45, 2.75) is 0 Å². The number of carbonyl (C=O) groups excluding carboxylic acids is 2. The van der Waals surface area contributed by atoms with Gasteiger partial charge in [-0.05, 0) is 18.2 Å². The molecular formula is C13H14N2O5. The van der Waals surface area contributed by atoms with Crippen LogP contribution in [0.2, 0.25) is 0 Å². The summed E-state index contributed by atoms with van der Waals surface area (Å²) >= 11 is 0. The van der Waals surface area contributed by atoms with Gasteiger partial charge in [-0.25, -0.2) is 4.79 Å². The van der Waals surface area contributed by atoms with Gasteiger partial charge in [0.25, 0.3) is 5.91 Å². The van der Waals surface area contributed by atoms with Crippen molar-refractivity contribution in [2.24, 2.45) is 0 Å². The minimum atomic E-state index is -0.555. The Balaban J connectivity index is 2.50. The summed E-state index contributed by atoms with van der Waals surface area (Å²) in [6.07, 6.45) is 1.50. The molecule has 3 amide bonds. The Kier molecular flexibility index (Phi) is 3.79. The van der Waals surface area contributed by atoms with Gasteiger partial charge in [0.05, 0.1) is 21.3 Å². The lowest BCUT2D eigenvalue weighted by molar-refractivity contribution is -0.115. The molecule has 1 aromatic carbocycles. The van der Waals surface area contributed by atoms with Crippen molar-refractivity contribution in [1.82, 2.24) is 10.6 Å². The van der Waals surface area contributed by atoms with Gasteiger partial charge in [0.1, 0.15) is 5.70 Å². The van der Waals surface area contributed by atoms with Crippen molar-refractivity contribution in [3.8, 4) is 17.2 Å². The molecule has 0 unspecified atom stereocenters.